The molecule has 1 aromatic carbocycles. The third-order valence-electron chi connectivity index (χ3n) is 2.42. The molecule has 0 aliphatic carbocycles. The Morgan fingerprint density at radius 2 is 2.32 bits per heavy atom. The van der Waals surface area contributed by atoms with Crippen molar-refractivity contribution in [2.75, 3.05) is 0 Å². The molecule has 0 spiro atoms. The maximum absolute atomic E-state index is 11.0. The first kappa shape index (κ1) is 13.8. The molecule has 0 atom stereocenters. The molecule has 7 heteroatoms. The zero-order valence-electron chi connectivity index (χ0n) is 10.1. The number of aromatic nitrogens is 1. The molecule has 0 unspecified atom stereocenters. The fourth-order valence-corrected chi connectivity index (χ4v) is 2.30. The molecule has 0 bridgehead atoms. The molecule has 19 heavy (non-hydrogen) atoms. The molecule has 2 rings (SSSR count). The van der Waals surface area contributed by atoms with Gasteiger partial charge in [0.2, 0.25) is 0 Å². The van der Waals surface area contributed by atoms with Gasteiger partial charge in [-0.2, -0.15) is 0 Å². The van der Waals surface area contributed by atoms with Gasteiger partial charge in [-0.25, -0.2) is 4.98 Å². The van der Waals surface area contributed by atoms with E-state index in [4.69, 9.17) is 16.3 Å². The summed E-state index contributed by atoms with van der Waals surface area (Å²) in [5.41, 5.74) is 1.37. The number of hydrogen-bond acceptors (Lipinski definition) is 5. The number of ether oxygens (including phenoxy) is 1. The van der Waals surface area contributed by atoms with Crippen molar-refractivity contribution in [1.82, 2.24) is 4.98 Å². The maximum atomic E-state index is 11.0. The van der Waals surface area contributed by atoms with E-state index >= 15 is 0 Å². The van der Waals surface area contributed by atoms with Crippen molar-refractivity contribution in [3.05, 3.63) is 50.0 Å². The molecule has 0 fully saturated rings. The van der Waals surface area contributed by atoms with Crippen molar-refractivity contribution in [2.45, 2.75) is 19.4 Å². The number of benzene rings is 1. The predicted molar refractivity (Wildman–Crippen MR) is 73.8 cm³/mol. The Bertz CT molecular complexity index is 600. The number of nitro benzene ring substituents is 1. The molecular formula is C12H11ClN2O3S. The van der Waals surface area contributed by atoms with Crippen LogP contribution in [0.3, 0.4) is 0 Å². The van der Waals surface area contributed by atoms with Gasteiger partial charge in [0.25, 0.3) is 0 Å². The van der Waals surface area contributed by atoms with E-state index < -0.39 is 4.92 Å². The van der Waals surface area contributed by atoms with Crippen LogP contribution in [0.4, 0.5) is 5.69 Å². The average molecular weight is 299 g/mol. The summed E-state index contributed by atoms with van der Waals surface area (Å²) in [5, 5.41) is 13.8. The van der Waals surface area contributed by atoms with Crippen molar-refractivity contribution in [3.63, 3.8) is 0 Å². The summed E-state index contributed by atoms with van der Waals surface area (Å²) in [5.74, 6) is 0.455. The van der Waals surface area contributed by atoms with Crippen LogP contribution in [0.2, 0.25) is 0 Å². The van der Waals surface area contributed by atoms with E-state index in [9.17, 15) is 10.1 Å². The fraction of sp³-hybridized carbons (Fsp3) is 0.250. The van der Waals surface area contributed by atoms with Crippen LogP contribution in [0.5, 0.6) is 5.75 Å². The number of rotatable bonds is 5. The van der Waals surface area contributed by atoms with Crippen LogP contribution in [0, 0.1) is 17.0 Å². The minimum Gasteiger partial charge on any atom is -0.480 e. The van der Waals surface area contributed by atoms with Crippen LogP contribution in [0.1, 0.15) is 16.3 Å². The highest BCUT2D eigenvalue weighted by Gasteiger charge is 2.16. The Balaban J connectivity index is 2.17. The molecule has 5 nitrogen and oxygen atoms in total. The highest BCUT2D eigenvalue weighted by atomic mass is 35.5. The number of nitro groups is 1. The van der Waals surface area contributed by atoms with Gasteiger partial charge in [0.1, 0.15) is 6.61 Å². The summed E-state index contributed by atoms with van der Waals surface area (Å²) >= 11 is 7.17. The summed E-state index contributed by atoms with van der Waals surface area (Å²) in [7, 11) is 0. The van der Waals surface area contributed by atoms with Gasteiger partial charge in [0, 0.05) is 17.3 Å². The smallest absolute Gasteiger partial charge is 0.311 e. The Kier molecular flexibility index (Phi) is 4.34. The maximum Gasteiger partial charge on any atom is 0.311 e. The molecular weight excluding hydrogens is 288 g/mol. The summed E-state index contributed by atoms with van der Waals surface area (Å²) in [6, 6.07) is 4.70. The van der Waals surface area contributed by atoms with Crippen LogP contribution < -0.4 is 4.74 Å². The molecule has 0 saturated heterocycles. The van der Waals surface area contributed by atoms with Gasteiger partial charge < -0.3 is 4.74 Å². The first-order valence-corrected chi connectivity index (χ1v) is 6.88. The zero-order valence-corrected chi connectivity index (χ0v) is 11.7. The summed E-state index contributed by atoms with van der Waals surface area (Å²) < 4.78 is 5.46. The van der Waals surface area contributed by atoms with E-state index in [1.165, 1.54) is 17.4 Å². The second-order valence-corrected chi connectivity index (χ2v) is 5.17. The van der Waals surface area contributed by atoms with E-state index in [0.29, 0.717) is 5.56 Å². The van der Waals surface area contributed by atoms with Gasteiger partial charge in [0.15, 0.2) is 5.75 Å². The summed E-state index contributed by atoms with van der Waals surface area (Å²) in [4.78, 5) is 14.7. The number of nitrogens with zero attached hydrogens (tertiary/aromatic N) is 2. The van der Waals surface area contributed by atoms with E-state index in [0.717, 1.165) is 10.7 Å². The highest BCUT2D eigenvalue weighted by Crippen LogP contribution is 2.29. The first-order chi connectivity index (χ1) is 9.10. The fourth-order valence-electron chi connectivity index (χ4n) is 1.54. The second kappa shape index (κ2) is 5.99. The van der Waals surface area contributed by atoms with Crippen LogP contribution in [0.15, 0.2) is 23.6 Å². The van der Waals surface area contributed by atoms with Gasteiger partial charge in [0.05, 0.1) is 15.6 Å². The molecule has 0 saturated carbocycles. The van der Waals surface area contributed by atoms with Gasteiger partial charge in [-0.05, 0) is 18.6 Å². The average Bonchev–Trinajstić information content (AvgIpc) is 2.82. The number of halogens is 1. The van der Waals surface area contributed by atoms with Crippen molar-refractivity contribution in [3.8, 4) is 5.75 Å². The minimum absolute atomic E-state index is 0.0786. The highest BCUT2D eigenvalue weighted by molar-refractivity contribution is 7.09. The Labute approximate surface area is 119 Å². The molecule has 1 heterocycles. The lowest BCUT2D eigenvalue weighted by Gasteiger charge is -2.06. The summed E-state index contributed by atoms with van der Waals surface area (Å²) in [6.07, 6.45) is 0. The van der Waals surface area contributed by atoms with E-state index in [-0.39, 0.29) is 23.9 Å². The van der Waals surface area contributed by atoms with Crippen molar-refractivity contribution >= 4 is 28.6 Å². The van der Waals surface area contributed by atoms with Gasteiger partial charge in [-0.3, -0.25) is 10.1 Å². The predicted octanol–water partition coefficient (Wildman–Crippen LogP) is 3.68. The van der Waals surface area contributed by atoms with Crippen molar-refractivity contribution in [1.29, 1.82) is 0 Å². The van der Waals surface area contributed by atoms with Crippen molar-refractivity contribution < 1.29 is 9.66 Å². The van der Waals surface area contributed by atoms with Crippen molar-refractivity contribution in [2.24, 2.45) is 0 Å². The number of aryl methyl sites for hydroxylation is 1. The van der Waals surface area contributed by atoms with Crippen LogP contribution in [-0.4, -0.2) is 9.91 Å². The Hall–Kier alpha value is -1.66. The third kappa shape index (κ3) is 3.42. The zero-order chi connectivity index (χ0) is 13.8. The molecule has 0 amide bonds. The molecule has 2 aromatic rings. The largest absolute Gasteiger partial charge is 0.480 e. The van der Waals surface area contributed by atoms with E-state index in [1.807, 2.05) is 12.3 Å². The number of thiazole rings is 1. The van der Waals surface area contributed by atoms with E-state index in [2.05, 4.69) is 4.98 Å². The lowest BCUT2D eigenvalue weighted by atomic mass is 10.2. The molecule has 0 radical (unpaired) electrons. The van der Waals surface area contributed by atoms with Crippen LogP contribution in [-0.2, 0) is 12.5 Å². The molecule has 1 aromatic heterocycles. The van der Waals surface area contributed by atoms with Gasteiger partial charge in [-0.15, -0.1) is 22.9 Å². The van der Waals surface area contributed by atoms with Gasteiger partial charge >= 0.3 is 5.69 Å². The Morgan fingerprint density at radius 3 is 2.89 bits per heavy atom. The number of hydrogen-bond donors (Lipinski definition) is 0. The van der Waals surface area contributed by atoms with E-state index in [1.54, 1.807) is 12.1 Å². The normalized spacial score (nSPS) is 10.4. The minimum atomic E-state index is -0.475. The first-order valence-electron chi connectivity index (χ1n) is 5.47. The quantitative estimate of drug-likeness (QED) is 0.480. The number of alkyl halides is 1. The standard InChI is InChI=1S/C12H11ClN2O3S/c1-8-14-10(7-19-8)6-18-12-3-2-9(5-13)4-11(12)15(16)17/h2-4,7H,5-6H2,1H3. The monoisotopic (exact) mass is 298 g/mol. The topological polar surface area (TPSA) is 65.3 Å². The molecule has 0 N–H and O–H groups in total. The SMILES string of the molecule is Cc1nc(COc2ccc(CCl)cc2[N+](=O)[O-])cs1. The summed E-state index contributed by atoms with van der Waals surface area (Å²) in [6.45, 7) is 2.11. The van der Waals surface area contributed by atoms with Gasteiger partial charge in [-0.1, -0.05) is 6.07 Å². The molecule has 100 valence electrons. The lowest BCUT2D eigenvalue weighted by Crippen LogP contribution is -2.00. The molecule has 0 aliphatic heterocycles. The Morgan fingerprint density at radius 1 is 1.53 bits per heavy atom. The third-order valence-corrected chi connectivity index (χ3v) is 3.55. The van der Waals surface area contributed by atoms with Crippen LogP contribution in [0.25, 0.3) is 0 Å². The van der Waals surface area contributed by atoms with Crippen LogP contribution >= 0.6 is 22.9 Å². The molecule has 0 aliphatic rings. The lowest BCUT2D eigenvalue weighted by molar-refractivity contribution is -0.386. The second-order valence-electron chi connectivity index (χ2n) is 3.84.